The van der Waals surface area contributed by atoms with Crippen molar-refractivity contribution in [3.8, 4) is 0 Å². The number of aliphatic hydroxyl groups is 1. The molecule has 0 saturated carbocycles. The molecule has 0 bridgehead atoms. The predicted molar refractivity (Wildman–Crippen MR) is 47.1 cm³/mol. The molecule has 0 aliphatic heterocycles. The van der Waals surface area contributed by atoms with E-state index < -0.39 is 12.1 Å². The fourth-order valence-electron chi connectivity index (χ4n) is 0.716. The summed E-state index contributed by atoms with van der Waals surface area (Å²) in [7, 11) is 0. The first-order chi connectivity index (χ1) is 5.97. The van der Waals surface area contributed by atoms with Crippen molar-refractivity contribution in [3.63, 3.8) is 0 Å². The molecular formula is C9H16O4. The first-order valence-electron chi connectivity index (χ1n) is 4.35. The van der Waals surface area contributed by atoms with Gasteiger partial charge in [-0.3, -0.25) is 4.79 Å². The molecule has 0 fully saturated rings. The Morgan fingerprint density at radius 1 is 1.46 bits per heavy atom. The molecule has 0 aromatic carbocycles. The van der Waals surface area contributed by atoms with Crippen molar-refractivity contribution in [2.24, 2.45) is 0 Å². The molecule has 13 heavy (non-hydrogen) atoms. The molecule has 0 aliphatic carbocycles. The molecule has 0 aromatic rings. The minimum Gasteiger partial charge on any atom is -0.461 e. The van der Waals surface area contributed by atoms with E-state index in [4.69, 9.17) is 9.84 Å². The molecule has 4 heteroatoms. The van der Waals surface area contributed by atoms with E-state index >= 15 is 0 Å². The predicted octanol–water partition coefficient (Wildman–Crippen LogP) is 0.668. The van der Waals surface area contributed by atoms with Crippen LogP contribution < -0.4 is 0 Å². The standard InChI is InChI=1S/C9H16O4/c1-4-7(3)13-9(12)8(11)5-6(2)10/h7-8,11H,4-5H2,1-3H3. The smallest absolute Gasteiger partial charge is 0.335 e. The zero-order chi connectivity index (χ0) is 10.4. The van der Waals surface area contributed by atoms with E-state index in [-0.39, 0.29) is 18.3 Å². The first-order valence-corrected chi connectivity index (χ1v) is 4.35. The Labute approximate surface area is 77.9 Å². The largest absolute Gasteiger partial charge is 0.461 e. The van der Waals surface area contributed by atoms with Gasteiger partial charge in [0.25, 0.3) is 0 Å². The SMILES string of the molecule is CCC(C)OC(=O)C(O)CC(C)=O. The number of carbonyl (C=O) groups excluding carboxylic acids is 2. The number of hydrogen-bond acceptors (Lipinski definition) is 4. The zero-order valence-corrected chi connectivity index (χ0v) is 8.24. The lowest BCUT2D eigenvalue weighted by Gasteiger charge is -2.13. The van der Waals surface area contributed by atoms with Crippen molar-refractivity contribution < 1.29 is 19.4 Å². The molecular weight excluding hydrogens is 172 g/mol. The van der Waals surface area contributed by atoms with Crippen LogP contribution in [0, 0.1) is 0 Å². The van der Waals surface area contributed by atoms with Crippen LogP contribution >= 0.6 is 0 Å². The van der Waals surface area contributed by atoms with Gasteiger partial charge < -0.3 is 9.84 Å². The minimum absolute atomic E-state index is 0.171. The van der Waals surface area contributed by atoms with Gasteiger partial charge in [-0.05, 0) is 20.3 Å². The highest BCUT2D eigenvalue weighted by Gasteiger charge is 2.19. The summed E-state index contributed by atoms with van der Waals surface area (Å²) in [6.07, 6.45) is -1.01. The van der Waals surface area contributed by atoms with Crippen LogP contribution in [0.4, 0.5) is 0 Å². The van der Waals surface area contributed by atoms with Crippen LogP contribution in [0.3, 0.4) is 0 Å². The topological polar surface area (TPSA) is 63.6 Å². The van der Waals surface area contributed by atoms with E-state index in [0.717, 1.165) is 0 Å². The Kier molecular flexibility index (Phi) is 5.30. The van der Waals surface area contributed by atoms with Crippen molar-refractivity contribution in [2.75, 3.05) is 0 Å². The van der Waals surface area contributed by atoms with Crippen LogP contribution in [-0.4, -0.2) is 29.1 Å². The summed E-state index contributed by atoms with van der Waals surface area (Å²) in [6, 6.07) is 0. The summed E-state index contributed by atoms with van der Waals surface area (Å²) in [4.78, 5) is 21.6. The lowest BCUT2D eigenvalue weighted by atomic mass is 10.2. The van der Waals surface area contributed by atoms with Gasteiger partial charge in [0, 0.05) is 6.42 Å². The van der Waals surface area contributed by atoms with Gasteiger partial charge in [-0.1, -0.05) is 6.92 Å². The van der Waals surface area contributed by atoms with Gasteiger partial charge in [-0.2, -0.15) is 0 Å². The monoisotopic (exact) mass is 188 g/mol. The van der Waals surface area contributed by atoms with Crippen molar-refractivity contribution >= 4 is 11.8 Å². The lowest BCUT2D eigenvalue weighted by molar-refractivity contribution is -0.159. The highest BCUT2D eigenvalue weighted by atomic mass is 16.6. The normalized spacial score (nSPS) is 14.8. The Morgan fingerprint density at radius 3 is 2.38 bits per heavy atom. The average Bonchev–Trinajstić information content (AvgIpc) is 2.02. The Morgan fingerprint density at radius 2 is 2.00 bits per heavy atom. The fourth-order valence-corrected chi connectivity index (χ4v) is 0.716. The second kappa shape index (κ2) is 5.70. The molecule has 2 atom stereocenters. The summed E-state index contributed by atoms with van der Waals surface area (Å²) in [5, 5.41) is 9.14. The van der Waals surface area contributed by atoms with Gasteiger partial charge >= 0.3 is 5.97 Å². The molecule has 0 amide bonds. The Balaban J connectivity index is 3.89. The Bertz CT molecular complexity index is 188. The van der Waals surface area contributed by atoms with E-state index in [9.17, 15) is 9.59 Å². The molecule has 2 unspecified atom stereocenters. The number of hydrogen-bond donors (Lipinski definition) is 1. The summed E-state index contributed by atoms with van der Waals surface area (Å²) in [5.74, 6) is -0.946. The number of carbonyl (C=O) groups is 2. The van der Waals surface area contributed by atoms with Crippen LogP contribution in [0.2, 0.25) is 0 Å². The summed E-state index contributed by atoms with van der Waals surface area (Å²) in [6.45, 7) is 4.92. The van der Waals surface area contributed by atoms with E-state index in [2.05, 4.69) is 0 Å². The third kappa shape index (κ3) is 5.36. The van der Waals surface area contributed by atoms with Gasteiger partial charge in [-0.25, -0.2) is 4.79 Å². The van der Waals surface area contributed by atoms with E-state index in [1.807, 2.05) is 6.92 Å². The zero-order valence-electron chi connectivity index (χ0n) is 8.24. The maximum atomic E-state index is 11.0. The maximum Gasteiger partial charge on any atom is 0.335 e. The summed E-state index contributed by atoms with van der Waals surface area (Å²) < 4.78 is 4.82. The van der Waals surface area contributed by atoms with Crippen LogP contribution in [-0.2, 0) is 14.3 Å². The quantitative estimate of drug-likeness (QED) is 0.644. The second-order valence-electron chi connectivity index (χ2n) is 3.08. The third-order valence-electron chi connectivity index (χ3n) is 1.65. The molecule has 0 saturated heterocycles. The minimum atomic E-state index is -1.31. The van der Waals surface area contributed by atoms with Crippen LogP contribution in [0.1, 0.15) is 33.6 Å². The number of rotatable bonds is 5. The number of aliphatic hydroxyl groups excluding tert-OH is 1. The highest BCUT2D eigenvalue weighted by molar-refractivity contribution is 5.84. The summed E-state index contributed by atoms with van der Waals surface area (Å²) in [5.41, 5.74) is 0. The van der Waals surface area contributed by atoms with Crippen molar-refractivity contribution in [1.82, 2.24) is 0 Å². The van der Waals surface area contributed by atoms with Crippen molar-refractivity contribution in [3.05, 3.63) is 0 Å². The Hall–Kier alpha value is -0.900. The maximum absolute atomic E-state index is 11.0. The number of esters is 1. The molecule has 76 valence electrons. The molecule has 0 aromatic heterocycles. The molecule has 0 radical (unpaired) electrons. The lowest BCUT2D eigenvalue weighted by Crippen LogP contribution is -2.28. The molecule has 1 N–H and O–H groups in total. The van der Waals surface area contributed by atoms with Gasteiger partial charge in [0.1, 0.15) is 5.78 Å². The third-order valence-corrected chi connectivity index (χ3v) is 1.65. The van der Waals surface area contributed by atoms with E-state index in [1.54, 1.807) is 6.92 Å². The van der Waals surface area contributed by atoms with Crippen LogP contribution in [0.5, 0.6) is 0 Å². The van der Waals surface area contributed by atoms with Gasteiger partial charge in [-0.15, -0.1) is 0 Å². The molecule has 0 spiro atoms. The fraction of sp³-hybridized carbons (Fsp3) is 0.778. The number of ether oxygens (including phenoxy) is 1. The van der Waals surface area contributed by atoms with Crippen molar-refractivity contribution in [2.45, 2.75) is 45.8 Å². The van der Waals surface area contributed by atoms with Gasteiger partial charge in [0.2, 0.25) is 0 Å². The molecule has 0 rings (SSSR count). The van der Waals surface area contributed by atoms with E-state index in [0.29, 0.717) is 6.42 Å². The van der Waals surface area contributed by atoms with Crippen molar-refractivity contribution in [1.29, 1.82) is 0 Å². The molecule has 0 heterocycles. The highest BCUT2D eigenvalue weighted by Crippen LogP contribution is 2.02. The van der Waals surface area contributed by atoms with Gasteiger partial charge in [0.15, 0.2) is 6.10 Å². The second-order valence-corrected chi connectivity index (χ2v) is 3.08. The molecule has 0 aliphatic rings. The van der Waals surface area contributed by atoms with E-state index in [1.165, 1.54) is 6.92 Å². The van der Waals surface area contributed by atoms with Crippen LogP contribution in [0.25, 0.3) is 0 Å². The average molecular weight is 188 g/mol. The number of ketones is 1. The van der Waals surface area contributed by atoms with Crippen LogP contribution in [0.15, 0.2) is 0 Å². The number of Topliss-reactive ketones (excluding diaryl/α,β-unsaturated/α-hetero) is 1. The molecule has 4 nitrogen and oxygen atoms in total. The van der Waals surface area contributed by atoms with Gasteiger partial charge in [0.05, 0.1) is 6.10 Å². The first kappa shape index (κ1) is 12.1. The summed E-state index contributed by atoms with van der Waals surface area (Å²) >= 11 is 0.